The fourth-order valence-corrected chi connectivity index (χ4v) is 4.00. The van der Waals surface area contributed by atoms with Crippen molar-refractivity contribution in [3.63, 3.8) is 0 Å². The van der Waals surface area contributed by atoms with Crippen LogP contribution in [0.2, 0.25) is 0 Å². The van der Waals surface area contributed by atoms with E-state index in [0.717, 1.165) is 30.4 Å². The van der Waals surface area contributed by atoms with E-state index in [9.17, 15) is 33.4 Å². The molecule has 0 aliphatic carbocycles. The summed E-state index contributed by atoms with van der Waals surface area (Å²) < 4.78 is 38.3. The zero-order valence-electron chi connectivity index (χ0n) is 12.7. The Bertz CT molecular complexity index is 576. The highest BCUT2D eigenvalue weighted by Gasteiger charge is 2.37. The Morgan fingerprint density at radius 3 is 2.00 bits per heavy atom. The van der Waals surface area contributed by atoms with Gasteiger partial charge >= 0.3 is 6.18 Å². The van der Waals surface area contributed by atoms with Crippen LogP contribution < -0.4 is 0 Å². The third kappa shape index (κ3) is 5.86. The van der Waals surface area contributed by atoms with Crippen LogP contribution in [0, 0.1) is 20.2 Å². The molecule has 11 heteroatoms. The summed E-state index contributed by atoms with van der Waals surface area (Å²) in [6.45, 7) is 2.03. The third-order valence-corrected chi connectivity index (χ3v) is 5.33. The number of hydrogen-bond acceptors (Lipinski definition) is 6. The van der Waals surface area contributed by atoms with Crippen molar-refractivity contribution in [3.05, 3.63) is 37.9 Å². The molecule has 6 nitrogen and oxygen atoms in total. The monoisotopic (exact) mass is 384 g/mol. The molecule has 0 saturated heterocycles. The summed E-state index contributed by atoms with van der Waals surface area (Å²) in [5.74, 6) is 1.83. The largest absolute Gasteiger partial charge is 0.416 e. The van der Waals surface area contributed by atoms with Gasteiger partial charge < -0.3 is 0 Å². The summed E-state index contributed by atoms with van der Waals surface area (Å²) in [5.41, 5.74) is -3.18. The van der Waals surface area contributed by atoms with Gasteiger partial charge in [0, 0.05) is 23.6 Å². The van der Waals surface area contributed by atoms with Crippen molar-refractivity contribution in [2.24, 2.45) is 0 Å². The smallest absolute Gasteiger partial charge is 0.258 e. The van der Waals surface area contributed by atoms with E-state index in [2.05, 4.69) is 0 Å². The Kier molecular flexibility index (Phi) is 7.80. The molecule has 0 heterocycles. The van der Waals surface area contributed by atoms with Gasteiger partial charge in [-0.05, 0) is 12.2 Å². The molecule has 0 atom stereocenters. The van der Waals surface area contributed by atoms with Gasteiger partial charge in [0.25, 0.3) is 11.4 Å². The summed E-state index contributed by atoms with van der Waals surface area (Å²) in [6.07, 6.45) is -2.86. The van der Waals surface area contributed by atoms with Gasteiger partial charge in [0.2, 0.25) is 0 Å². The molecule has 0 bridgehead atoms. The van der Waals surface area contributed by atoms with Crippen LogP contribution in [0.25, 0.3) is 0 Å². The van der Waals surface area contributed by atoms with E-state index in [4.69, 9.17) is 0 Å². The van der Waals surface area contributed by atoms with Crippen LogP contribution in [0.5, 0.6) is 0 Å². The van der Waals surface area contributed by atoms with Gasteiger partial charge in [0.15, 0.2) is 4.90 Å². The molecule has 0 aliphatic rings. The lowest BCUT2D eigenvalue weighted by atomic mass is 10.1. The maximum absolute atomic E-state index is 12.8. The second kappa shape index (κ2) is 9.11. The number of thioether (sulfide) groups is 2. The second-order valence-corrected chi connectivity index (χ2v) is 7.00. The zero-order valence-corrected chi connectivity index (χ0v) is 14.3. The maximum atomic E-state index is 12.8. The lowest BCUT2D eigenvalue weighted by molar-refractivity contribution is -0.400. The first-order chi connectivity index (χ1) is 11.2. The van der Waals surface area contributed by atoms with Gasteiger partial charge in [-0.3, -0.25) is 20.2 Å². The second-order valence-electron chi connectivity index (χ2n) is 4.67. The molecule has 0 saturated carbocycles. The van der Waals surface area contributed by atoms with E-state index in [1.54, 1.807) is 11.8 Å². The normalized spacial score (nSPS) is 11.5. The molecule has 1 rings (SSSR count). The number of unbranched alkanes of at least 4 members (excludes halogenated alkanes) is 1. The van der Waals surface area contributed by atoms with Gasteiger partial charge in [-0.25, -0.2) is 0 Å². The predicted octanol–water partition coefficient (Wildman–Crippen LogP) is 5.15. The Morgan fingerprint density at radius 1 is 1.04 bits per heavy atom. The molecule has 1 aromatic carbocycles. The van der Waals surface area contributed by atoms with Gasteiger partial charge in [0.1, 0.15) is 0 Å². The van der Waals surface area contributed by atoms with Crippen LogP contribution in [0.1, 0.15) is 25.3 Å². The minimum absolute atomic E-state index is 0.335. The lowest BCUT2D eigenvalue weighted by Gasteiger charge is -2.09. The highest BCUT2D eigenvalue weighted by Crippen LogP contribution is 2.42. The first-order valence-electron chi connectivity index (χ1n) is 6.93. The topological polar surface area (TPSA) is 86.3 Å². The molecule has 0 radical (unpaired) electrons. The Hall–Kier alpha value is -1.49. The number of alkyl halides is 3. The minimum atomic E-state index is -4.89. The molecule has 134 valence electrons. The van der Waals surface area contributed by atoms with Crippen LogP contribution in [0.15, 0.2) is 17.0 Å². The van der Waals surface area contributed by atoms with Crippen molar-refractivity contribution in [2.75, 3.05) is 17.3 Å². The SMILES string of the molecule is CCCCSCCSc1c([N+](=O)[O-])cc(C(F)(F)F)cc1[N+](=O)[O-]. The molecule has 0 aliphatic heterocycles. The fraction of sp³-hybridized carbons (Fsp3) is 0.538. The summed E-state index contributed by atoms with van der Waals surface area (Å²) >= 11 is 2.43. The number of halogens is 3. The Labute approximate surface area is 144 Å². The number of nitro benzene ring substituents is 2. The van der Waals surface area contributed by atoms with Crippen molar-refractivity contribution in [1.82, 2.24) is 0 Å². The lowest BCUT2D eigenvalue weighted by Crippen LogP contribution is -2.08. The number of benzene rings is 1. The van der Waals surface area contributed by atoms with E-state index in [-0.39, 0.29) is 4.90 Å². The molecule has 1 aromatic rings. The van der Waals surface area contributed by atoms with Crippen LogP contribution in [0.4, 0.5) is 24.5 Å². The standard InChI is InChI=1S/C13H15F3N2O4S2/c1-2-3-4-23-5-6-24-12-10(17(19)20)7-9(13(14,15)16)8-11(12)18(21)22/h7-8H,2-6H2,1H3. The minimum Gasteiger partial charge on any atom is -0.258 e. The summed E-state index contributed by atoms with van der Waals surface area (Å²) in [6, 6.07) is 0.694. The number of nitro groups is 2. The van der Waals surface area contributed by atoms with Gasteiger partial charge in [-0.1, -0.05) is 13.3 Å². The maximum Gasteiger partial charge on any atom is 0.416 e. The predicted molar refractivity (Wildman–Crippen MR) is 87.7 cm³/mol. The molecule has 0 spiro atoms. The van der Waals surface area contributed by atoms with Crippen molar-refractivity contribution >= 4 is 34.9 Å². The number of rotatable bonds is 9. The molecule has 0 aromatic heterocycles. The summed E-state index contributed by atoms with van der Waals surface area (Å²) in [7, 11) is 0. The van der Waals surface area contributed by atoms with Crippen molar-refractivity contribution in [1.29, 1.82) is 0 Å². The Balaban J connectivity index is 3.08. The molecular formula is C13H15F3N2O4S2. The first kappa shape index (κ1) is 20.6. The van der Waals surface area contributed by atoms with Crippen LogP contribution in [-0.4, -0.2) is 27.1 Å². The first-order valence-corrected chi connectivity index (χ1v) is 9.07. The zero-order chi connectivity index (χ0) is 18.3. The summed E-state index contributed by atoms with van der Waals surface area (Å²) in [5, 5.41) is 22.1. The average Bonchev–Trinajstić information content (AvgIpc) is 2.48. The quantitative estimate of drug-likeness (QED) is 0.253. The van der Waals surface area contributed by atoms with Crippen molar-refractivity contribution in [2.45, 2.75) is 30.8 Å². The van der Waals surface area contributed by atoms with E-state index < -0.39 is 33.0 Å². The average molecular weight is 384 g/mol. The van der Waals surface area contributed by atoms with Gasteiger partial charge in [-0.15, -0.1) is 11.8 Å². The summed E-state index contributed by atoms with van der Waals surface area (Å²) in [4.78, 5) is 19.7. The number of nitrogens with zero attached hydrogens (tertiary/aromatic N) is 2. The molecule has 24 heavy (non-hydrogen) atoms. The van der Waals surface area contributed by atoms with Crippen molar-refractivity contribution < 1.29 is 23.0 Å². The van der Waals surface area contributed by atoms with Crippen LogP contribution in [-0.2, 0) is 6.18 Å². The fourth-order valence-electron chi connectivity index (χ4n) is 1.73. The van der Waals surface area contributed by atoms with E-state index in [1.165, 1.54) is 0 Å². The van der Waals surface area contributed by atoms with Gasteiger partial charge in [-0.2, -0.15) is 24.9 Å². The molecule has 0 unspecified atom stereocenters. The number of hydrogen-bond donors (Lipinski definition) is 0. The van der Waals surface area contributed by atoms with Crippen LogP contribution >= 0.6 is 23.5 Å². The highest BCUT2D eigenvalue weighted by molar-refractivity contribution is 8.03. The molecule has 0 fully saturated rings. The van der Waals surface area contributed by atoms with Crippen molar-refractivity contribution in [3.8, 4) is 0 Å². The highest BCUT2D eigenvalue weighted by atomic mass is 32.2. The van der Waals surface area contributed by atoms with E-state index in [0.29, 0.717) is 23.6 Å². The van der Waals surface area contributed by atoms with Gasteiger partial charge in [0.05, 0.1) is 15.4 Å². The Morgan fingerprint density at radius 2 is 1.58 bits per heavy atom. The van der Waals surface area contributed by atoms with Crippen LogP contribution in [0.3, 0.4) is 0 Å². The van der Waals surface area contributed by atoms with E-state index >= 15 is 0 Å². The molecule has 0 amide bonds. The van der Waals surface area contributed by atoms with E-state index in [1.807, 2.05) is 6.92 Å². The molecule has 0 N–H and O–H groups in total. The third-order valence-electron chi connectivity index (χ3n) is 2.89. The molecular weight excluding hydrogens is 369 g/mol.